The van der Waals surface area contributed by atoms with Gasteiger partial charge >= 0.3 is 0 Å². The second kappa shape index (κ2) is 5.76. The zero-order chi connectivity index (χ0) is 16.6. The Hall–Kier alpha value is -2.82. The Labute approximate surface area is 134 Å². The molecular formula is C18H18N2O3. The van der Waals surface area contributed by atoms with Gasteiger partial charge in [0.25, 0.3) is 5.56 Å². The van der Waals surface area contributed by atoms with Gasteiger partial charge in [-0.3, -0.25) is 9.36 Å². The Morgan fingerprint density at radius 2 is 1.57 bits per heavy atom. The van der Waals surface area contributed by atoms with E-state index in [2.05, 4.69) is 4.98 Å². The van der Waals surface area contributed by atoms with Crippen LogP contribution in [0.15, 0.2) is 41.2 Å². The highest BCUT2D eigenvalue weighted by Crippen LogP contribution is 2.30. The summed E-state index contributed by atoms with van der Waals surface area (Å²) < 4.78 is 12.2. The smallest absolute Gasteiger partial charge is 0.266 e. The second-order valence-corrected chi connectivity index (χ2v) is 5.36. The van der Waals surface area contributed by atoms with Crippen LogP contribution in [0.25, 0.3) is 16.6 Å². The van der Waals surface area contributed by atoms with Crippen molar-refractivity contribution < 1.29 is 9.47 Å². The van der Waals surface area contributed by atoms with Crippen molar-refractivity contribution in [2.45, 2.75) is 13.8 Å². The number of methoxy groups -OCH3 is 2. The van der Waals surface area contributed by atoms with Crippen LogP contribution in [0.5, 0.6) is 11.5 Å². The van der Waals surface area contributed by atoms with Crippen molar-refractivity contribution in [3.05, 3.63) is 58.1 Å². The number of aromatic nitrogens is 2. The molecule has 1 aromatic heterocycles. The van der Waals surface area contributed by atoms with E-state index in [0.717, 1.165) is 11.3 Å². The Morgan fingerprint density at radius 3 is 2.17 bits per heavy atom. The third-order valence-electron chi connectivity index (χ3n) is 3.83. The Balaban J connectivity index is 2.32. The van der Waals surface area contributed by atoms with Crippen molar-refractivity contribution in [3.8, 4) is 17.2 Å². The number of benzene rings is 2. The van der Waals surface area contributed by atoms with Gasteiger partial charge < -0.3 is 9.47 Å². The van der Waals surface area contributed by atoms with E-state index in [1.165, 1.54) is 0 Å². The van der Waals surface area contributed by atoms with Crippen LogP contribution < -0.4 is 15.0 Å². The number of fused-ring (bicyclic) bond motifs is 1. The number of hydrogen-bond acceptors (Lipinski definition) is 4. The van der Waals surface area contributed by atoms with Gasteiger partial charge in [0.05, 0.1) is 30.8 Å². The van der Waals surface area contributed by atoms with Gasteiger partial charge in [0.1, 0.15) is 5.82 Å². The van der Waals surface area contributed by atoms with Crippen molar-refractivity contribution in [3.63, 3.8) is 0 Å². The summed E-state index contributed by atoms with van der Waals surface area (Å²) in [4.78, 5) is 17.5. The maximum absolute atomic E-state index is 12.9. The predicted octanol–water partition coefficient (Wildman–Crippen LogP) is 3.02. The van der Waals surface area contributed by atoms with E-state index in [1.54, 1.807) is 30.9 Å². The average molecular weight is 310 g/mol. The van der Waals surface area contributed by atoms with Crippen molar-refractivity contribution in [2.75, 3.05) is 14.2 Å². The maximum atomic E-state index is 12.9. The normalized spacial score (nSPS) is 10.8. The standard InChI is InChI=1S/C18H18N2O3/c1-11-5-7-13(8-6-11)20-12(2)19-15-10-17(23-4)16(22-3)9-14(15)18(20)21/h5-10H,1-4H3. The summed E-state index contributed by atoms with van der Waals surface area (Å²) in [5, 5.41) is 0.494. The predicted molar refractivity (Wildman–Crippen MR) is 89.9 cm³/mol. The highest BCUT2D eigenvalue weighted by Gasteiger charge is 2.14. The first kappa shape index (κ1) is 15.1. The lowest BCUT2D eigenvalue weighted by molar-refractivity contribution is 0.355. The summed E-state index contributed by atoms with van der Waals surface area (Å²) >= 11 is 0. The zero-order valence-electron chi connectivity index (χ0n) is 13.6. The van der Waals surface area contributed by atoms with Gasteiger partial charge in [-0.25, -0.2) is 4.98 Å². The zero-order valence-corrected chi connectivity index (χ0v) is 13.6. The molecular weight excluding hydrogens is 292 g/mol. The molecule has 0 atom stereocenters. The fourth-order valence-corrected chi connectivity index (χ4v) is 2.62. The highest BCUT2D eigenvalue weighted by molar-refractivity contribution is 5.82. The van der Waals surface area contributed by atoms with Gasteiger partial charge in [0, 0.05) is 6.07 Å². The highest BCUT2D eigenvalue weighted by atomic mass is 16.5. The summed E-state index contributed by atoms with van der Waals surface area (Å²) in [5.74, 6) is 1.69. The van der Waals surface area contributed by atoms with Gasteiger partial charge in [0.2, 0.25) is 0 Å². The van der Waals surface area contributed by atoms with Gasteiger partial charge in [0.15, 0.2) is 11.5 Å². The molecule has 5 nitrogen and oxygen atoms in total. The Morgan fingerprint density at radius 1 is 0.957 bits per heavy atom. The molecule has 0 fully saturated rings. The molecule has 0 N–H and O–H groups in total. The fourth-order valence-electron chi connectivity index (χ4n) is 2.62. The molecule has 0 unspecified atom stereocenters. The number of hydrogen-bond donors (Lipinski definition) is 0. The quantitative estimate of drug-likeness (QED) is 0.746. The van der Waals surface area contributed by atoms with Crippen LogP contribution in [0.1, 0.15) is 11.4 Å². The number of nitrogens with zero attached hydrogens (tertiary/aromatic N) is 2. The van der Waals surface area contributed by atoms with E-state index in [1.807, 2.05) is 38.1 Å². The fraction of sp³-hybridized carbons (Fsp3) is 0.222. The van der Waals surface area contributed by atoms with E-state index in [9.17, 15) is 4.79 Å². The van der Waals surface area contributed by atoms with E-state index in [-0.39, 0.29) is 5.56 Å². The summed E-state index contributed by atoms with van der Waals surface area (Å²) in [6.45, 7) is 3.83. The molecule has 0 radical (unpaired) electrons. The molecule has 0 bridgehead atoms. The molecule has 3 rings (SSSR count). The van der Waals surface area contributed by atoms with Crippen LogP contribution >= 0.6 is 0 Å². The summed E-state index contributed by atoms with van der Waals surface area (Å²) in [5.41, 5.74) is 2.40. The van der Waals surface area contributed by atoms with Crippen molar-refractivity contribution >= 4 is 10.9 Å². The van der Waals surface area contributed by atoms with Crippen molar-refractivity contribution in [1.29, 1.82) is 0 Å². The lowest BCUT2D eigenvalue weighted by Gasteiger charge is -2.13. The molecule has 0 amide bonds. The monoisotopic (exact) mass is 310 g/mol. The lowest BCUT2D eigenvalue weighted by atomic mass is 10.2. The Bertz CT molecular complexity index is 928. The molecule has 0 aliphatic carbocycles. The number of rotatable bonds is 3. The maximum Gasteiger partial charge on any atom is 0.266 e. The van der Waals surface area contributed by atoms with Crippen molar-refractivity contribution in [1.82, 2.24) is 9.55 Å². The van der Waals surface area contributed by atoms with E-state index >= 15 is 0 Å². The summed E-state index contributed by atoms with van der Waals surface area (Å²) in [7, 11) is 3.11. The number of aryl methyl sites for hydroxylation is 2. The minimum Gasteiger partial charge on any atom is -0.493 e. The molecule has 2 aromatic carbocycles. The van der Waals surface area contributed by atoms with Crippen LogP contribution in [0, 0.1) is 13.8 Å². The van der Waals surface area contributed by atoms with Crippen molar-refractivity contribution in [2.24, 2.45) is 0 Å². The molecule has 1 heterocycles. The molecule has 0 aliphatic heterocycles. The Kier molecular flexibility index (Phi) is 3.78. The third-order valence-corrected chi connectivity index (χ3v) is 3.83. The minimum atomic E-state index is -0.127. The van der Waals surface area contributed by atoms with Crippen LogP contribution in [0.3, 0.4) is 0 Å². The first-order valence-corrected chi connectivity index (χ1v) is 7.27. The molecule has 0 spiro atoms. The topological polar surface area (TPSA) is 53.4 Å². The number of ether oxygens (including phenoxy) is 2. The largest absolute Gasteiger partial charge is 0.493 e. The van der Waals surface area contributed by atoms with E-state index < -0.39 is 0 Å². The minimum absolute atomic E-state index is 0.127. The van der Waals surface area contributed by atoms with E-state index in [0.29, 0.717) is 28.2 Å². The van der Waals surface area contributed by atoms with Gasteiger partial charge in [-0.2, -0.15) is 0 Å². The molecule has 0 aliphatic rings. The van der Waals surface area contributed by atoms with Crippen LogP contribution in [0.4, 0.5) is 0 Å². The molecule has 0 saturated carbocycles. The van der Waals surface area contributed by atoms with Crippen LogP contribution in [0.2, 0.25) is 0 Å². The first-order chi connectivity index (χ1) is 11.0. The van der Waals surface area contributed by atoms with E-state index in [4.69, 9.17) is 9.47 Å². The lowest BCUT2D eigenvalue weighted by Crippen LogP contribution is -2.22. The molecule has 23 heavy (non-hydrogen) atoms. The van der Waals surface area contributed by atoms with Gasteiger partial charge in [-0.15, -0.1) is 0 Å². The second-order valence-electron chi connectivity index (χ2n) is 5.36. The summed E-state index contributed by atoms with van der Waals surface area (Å²) in [6.07, 6.45) is 0. The average Bonchev–Trinajstić information content (AvgIpc) is 2.55. The summed E-state index contributed by atoms with van der Waals surface area (Å²) in [6, 6.07) is 11.2. The van der Waals surface area contributed by atoms with Crippen LogP contribution in [-0.2, 0) is 0 Å². The van der Waals surface area contributed by atoms with Crippen LogP contribution in [-0.4, -0.2) is 23.8 Å². The first-order valence-electron chi connectivity index (χ1n) is 7.27. The third kappa shape index (κ3) is 2.54. The molecule has 0 saturated heterocycles. The molecule has 118 valence electrons. The molecule has 5 heteroatoms. The van der Waals surface area contributed by atoms with Gasteiger partial charge in [-0.05, 0) is 32.0 Å². The molecule has 3 aromatic rings. The van der Waals surface area contributed by atoms with Gasteiger partial charge in [-0.1, -0.05) is 17.7 Å². The SMILES string of the molecule is COc1cc2nc(C)n(-c3ccc(C)cc3)c(=O)c2cc1OC.